The van der Waals surface area contributed by atoms with Crippen LogP contribution in [0.2, 0.25) is 0 Å². The van der Waals surface area contributed by atoms with Gasteiger partial charge in [0.15, 0.2) is 11.6 Å². The molecule has 0 spiro atoms. The van der Waals surface area contributed by atoms with E-state index < -0.39 is 131 Å². The zero-order valence-corrected chi connectivity index (χ0v) is 29.0. The molecular weight excluding hydrogens is 683 g/mol. The number of hydrogen-bond donors (Lipinski definition) is 0. The Morgan fingerprint density at radius 2 is 0.911 bits per heavy atom. The maximum absolute atomic E-state index is 9.47. The van der Waals surface area contributed by atoms with Crippen LogP contribution in [0.15, 0.2) is 200 Å². The van der Waals surface area contributed by atoms with E-state index in [4.69, 9.17) is 30.0 Å². The van der Waals surface area contributed by atoms with E-state index >= 15 is 0 Å². The predicted molar refractivity (Wildman–Crippen MR) is 230 cm³/mol. The van der Waals surface area contributed by atoms with E-state index in [2.05, 4.69) is 0 Å². The molecule has 0 aliphatic heterocycles. The predicted octanol–water partition coefficient (Wildman–Crippen LogP) is 12.7. The molecular formula is C51H33N5. The van der Waals surface area contributed by atoms with Gasteiger partial charge in [0.05, 0.1) is 51.1 Å². The normalized spacial score (nSPS) is 15.8. The maximum atomic E-state index is 9.47. The molecule has 0 aliphatic carbocycles. The third kappa shape index (κ3) is 5.21. The molecule has 0 radical (unpaired) electrons. The van der Waals surface area contributed by atoms with E-state index in [0.29, 0.717) is 11.3 Å². The summed E-state index contributed by atoms with van der Waals surface area (Å²) < 4.78 is 154. The fourth-order valence-electron chi connectivity index (χ4n) is 7.14. The summed E-state index contributed by atoms with van der Waals surface area (Å²) in [4.78, 5) is 14.6. The summed E-state index contributed by atoms with van der Waals surface area (Å²) in [6, 6.07) is 18.2. The number of hydrogen-bond acceptors (Lipinski definition) is 3. The van der Waals surface area contributed by atoms with Gasteiger partial charge in [-0.15, -0.1) is 0 Å². The highest BCUT2D eigenvalue weighted by atomic mass is 15.2. The van der Waals surface area contributed by atoms with Crippen molar-refractivity contribution >= 4 is 43.6 Å². The molecule has 11 rings (SSSR count). The van der Waals surface area contributed by atoms with E-state index in [1.807, 2.05) is 95.6 Å². The number of aromatic nitrogens is 5. The second-order valence-corrected chi connectivity index (χ2v) is 12.8. The van der Waals surface area contributed by atoms with Gasteiger partial charge in [0.25, 0.3) is 0 Å². The van der Waals surface area contributed by atoms with E-state index in [1.54, 1.807) is 6.07 Å². The zero-order chi connectivity index (χ0) is 51.8. The van der Waals surface area contributed by atoms with Crippen LogP contribution in [0.1, 0.15) is 23.3 Å². The molecule has 0 saturated heterocycles. The standard InChI is InChI=1S/C51H33N5/c1-3-15-34(16-4-1)36-27-29-37(30-28-36)49-52-50(54-51(53-49)56-46-25-13-9-21-41(46)42-22-10-14-26-47(42)56)43-32-31-38(35-17-5-2-6-18-35)33-48(43)55-44-23-11-7-19-39(44)40-20-8-12-24-45(40)55/h1-33H/i1D,3D,4D,9D,10D,13D,14D,15D,16D,21D,22D,25D,26D,27D,28D,29D,30D. The van der Waals surface area contributed by atoms with Gasteiger partial charge in [0, 0.05) is 32.7 Å². The molecule has 0 atom stereocenters. The van der Waals surface area contributed by atoms with Gasteiger partial charge in [-0.25, -0.2) is 4.98 Å². The molecule has 3 aromatic heterocycles. The first kappa shape index (κ1) is 19.1. The summed E-state index contributed by atoms with van der Waals surface area (Å²) in [6.07, 6.45) is 0. The second kappa shape index (κ2) is 13.0. The van der Waals surface area contributed by atoms with Crippen LogP contribution in [0.4, 0.5) is 0 Å². The van der Waals surface area contributed by atoms with Crippen molar-refractivity contribution in [2.24, 2.45) is 0 Å². The van der Waals surface area contributed by atoms with Crippen LogP contribution >= 0.6 is 0 Å². The highest BCUT2D eigenvalue weighted by Gasteiger charge is 2.22. The van der Waals surface area contributed by atoms with E-state index in [0.717, 1.165) is 37.5 Å². The molecule has 56 heavy (non-hydrogen) atoms. The van der Waals surface area contributed by atoms with Crippen LogP contribution in [0, 0.1) is 0 Å². The minimum absolute atomic E-state index is 0.181. The Bertz CT molecular complexity index is 4060. The Morgan fingerprint density at radius 1 is 0.357 bits per heavy atom. The van der Waals surface area contributed by atoms with E-state index in [1.165, 1.54) is 0 Å². The zero-order valence-electron chi connectivity index (χ0n) is 46.0. The monoisotopic (exact) mass is 732 g/mol. The van der Waals surface area contributed by atoms with Crippen molar-refractivity contribution in [3.63, 3.8) is 0 Å². The molecule has 0 aliphatic rings. The average Bonchev–Trinajstić information content (AvgIpc) is 3.94. The van der Waals surface area contributed by atoms with Gasteiger partial charge in [-0.3, -0.25) is 4.57 Å². The number of rotatable bonds is 6. The van der Waals surface area contributed by atoms with Gasteiger partial charge >= 0.3 is 0 Å². The molecule has 5 heteroatoms. The van der Waals surface area contributed by atoms with Gasteiger partial charge in [-0.2, -0.15) is 9.97 Å². The Morgan fingerprint density at radius 3 is 1.59 bits per heavy atom. The summed E-state index contributed by atoms with van der Waals surface area (Å²) in [6.45, 7) is 0. The molecule has 5 nitrogen and oxygen atoms in total. The summed E-state index contributed by atoms with van der Waals surface area (Å²) in [5.41, 5.74) is 1.60. The van der Waals surface area contributed by atoms with Gasteiger partial charge in [-0.1, -0.05) is 163 Å². The quantitative estimate of drug-likeness (QED) is 0.171. The SMILES string of the molecule is [2H]c1c([2H])c([2H])c(-c2c([2H])c([2H])c(-c3nc(-c4ccc(-c5ccccc5)cc4-n4c5ccccc5c5ccccc54)nc(-n4c5c([2H])c([2H])c([2H])c([2H])c5c5c([2H])c([2H])c([2H])c([2H])c54)n3)c([2H])c2[2H])c([2H])c1[2H]. The molecule has 8 aromatic carbocycles. The molecule has 262 valence electrons. The van der Waals surface area contributed by atoms with Crippen LogP contribution in [0.5, 0.6) is 0 Å². The van der Waals surface area contributed by atoms with Crippen LogP contribution in [0.3, 0.4) is 0 Å². The van der Waals surface area contributed by atoms with Crippen LogP contribution in [0.25, 0.3) is 100 Å². The first-order valence-electron chi connectivity index (χ1n) is 26.0. The molecule has 0 amide bonds. The molecule has 3 heterocycles. The van der Waals surface area contributed by atoms with Crippen molar-refractivity contribution in [3.05, 3.63) is 200 Å². The highest BCUT2D eigenvalue weighted by molar-refractivity contribution is 6.10. The van der Waals surface area contributed by atoms with Gasteiger partial charge in [-0.05, 0) is 58.6 Å². The lowest BCUT2D eigenvalue weighted by Crippen LogP contribution is -2.08. The molecule has 11 aromatic rings. The Kier molecular flexibility index (Phi) is 4.45. The van der Waals surface area contributed by atoms with Crippen molar-refractivity contribution in [3.8, 4) is 56.7 Å². The third-order valence-electron chi connectivity index (χ3n) is 9.62. The summed E-state index contributed by atoms with van der Waals surface area (Å²) >= 11 is 0. The summed E-state index contributed by atoms with van der Waals surface area (Å²) in [7, 11) is 0. The van der Waals surface area contributed by atoms with E-state index in [-0.39, 0.29) is 27.6 Å². The van der Waals surface area contributed by atoms with Crippen molar-refractivity contribution in [1.82, 2.24) is 24.1 Å². The molecule has 0 fully saturated rings. The Labute approximate surface area is 347 Å². The number of para-hydroxylation sites is 4. The van der Waals surface area contributed by atoms with Crippen molar-refractivity contribution in [2.75, 3.05) is 0 Å². The summed E-state index contributed by atoms with van der Waals surface area (Å²) in [5.74, 6) is -1.21. The average molecular weight is 733 g/mol. The van der Waals surface area contributed by atoms with Crippen molar-refractivity contribution < 1.29 is 23.3 Å². The Hall–Kier alpha value is -7.63. The Balaban J connectivity index is 1.32. The minimum Gasteiger partial charge on any atom is -0.308 e. The highest BCUT2D eigenvalue weighted by Crippen LogP contribution is 2.39. The van der Waals surface area contributed by atoms with E-state index in [9.17, 15) is 8.22 Å². The van der Waals surface area contributed by atoms with Crippen LogP contribution in [-0.2, 0) is 0 Å². The second-order valence-electron chi connectivity index (χ2n) is 12.8. The molecule has 0 N–H and O–H groups in total. The number of benzene rings is 8. The first-order chi connectivity index (χ1) is 34.8. The lowest BCUT2D eigenvalue weighted by atomic mass is 10.0. The maximum Gasteiger partial charge on any atom is 0.238 e. The molecule has 0 saturated carbocycles. The largest absolute Gasteiger partial charge is 0.308 e. The van der Waals surface area contributed by atoms with Crippen LogP contribution < -0.4 is 0 Å². The van der Waals surface area contributed by atoms with Gasteiger partial charge in [0.1, 0.15) is 0 Å². The van der Waals surface area contributed by atoms with Gasteiger partial charge in [0.2, 0.25) is 5.95 Å². The first-order valence-corrected chi connectivity index (χ1v) is 17.5. The lowest BCUT2D eigenvalue weighted by molar-refractivity contribution is 0.952. The number of nitrogens with zero attached hydrogens (tertiary/aromatic N) is 5. The topological polar surface area (TPSA) is 48.5 Å². The third-order valence-corrected chi connectivity index (χ3v) is 9.62. The van der Waals surface area contributed by atoms with Crippen LogP contribution in [-0.4, -0.2) is 24.1 Å². The van der Waals surface area contributed by atoms with Gasteiger partial charge < -0.3 is 4.57 Å². The number of fused-ring (bicyclic) bond motifs is 6. The summed E-state index contributed by atoms with van der Waals surface area (Å²) in [5, 5.41) is 1.26. The van der Waals surface area contributed by atoms with Crippen molar-refractivity contribution in [1.29, 1.82) is 0 Å². The molecule has 0 unspecified atom stereocenters. The smallest absolute Gasteiger partial charge is 0.238 e. The fraction of sp³-hybridized carbons (Fsp3) is 0. The van der Waals surface area contributed by atoms with Crippen molar-refractivity contribution in [2.45, 2.75) is 0 Å². The minimum atomic E-state index is -0.809. The molecule has 0 bridgehead atoms. The fourth-order valence-corrected chi connectivity index (χ4v) is 7.14. The lowest BCUT2D eigenvalue weighted by Gasteiger charge is -2.17.